The van der Waals surface area contributed by atoms with E-state index in [1.807, 2.05) is 17.7 Å². The van der Waals surface area contributed by atoms with Gasteiger partial charge in [0.1, 0.15) is 0 Å². The molecule has 3 nitrogen and oxygen atoms in total. The molecule has 70 valence electrons. The van der Waals surface area contributed by atoms with Gasteiger partial charge in [-0.2, -0.15) is 4.98 Å². The number of nitrogens with zero attached hydrogens (tertiary/aromatic N) is 2. The van der Waals surface area contributed by atoms with Gasteiger partial charge < -0.3 is 4.52 Å². The highest BCUT2D eigenvalue weighted by atomic mass is 32.2. The van der Waals surface area contributed by atoms with E-state index in [-0.39, 0.29) is 0 Å². The summed E-state index contributed by atoms with van der Waals surface area (Å²) >= 11 is 1.62. The van der Waals surface area contributed by atoms with E-state index in [1.165, 1.54) is 6.42 Å². The fourth-order valence-corrected chi connectivity index (χ4v) is 1.53. The van der Waals surface area contributed by atoms with Crippen LogP contribution in [-0.2, 0) is 0 Å². The molecule has 13 heavy (non-hydrogen) atoms. The van der Waals surface area contributed by atoms with Crippen LogP contribution in [0.4, 0.5) is 0 Å². The summed E-state index contributed by atoms with van der Waals surface area (Å²) in [5.41, 5.74) is 0. The number of hydrogen-bond acceptors (Lipinski definition) is 4. The first-order valence-electron chi connectivity index (χ1n) is 4.34. The van der Waals surface area contributed by atoms with Gasteiger partial charge >= 0.3 is 0 Å². The van der Waals surface area contributed by atoms with E-state index in [0.717, 1.165) is 11.7 Å². The molecule has 0 aromatic carbocycles. The predicted octanol–water partition coefficient (Wildman–Crippen LogP) is 2.53. The van der Waals surface area contributed by atoms with Gasteiger partial charge in [0, 0.05) is 12.0 Å². The van der Waals surface area contributed by atoms with Crippen LogP contribution in [-0.4, -0.2) is 16.4 Å². The van der Waals surface area contributed by atoms with Crippen LogP contribution >= 0.6 is 11.8 Å². The van der Waals surface area contributed by atoms with Gasteiger partial charge in [-0.1, -0.05) is 12.1 Å². The Labute approximate surface area is 81.6 Å². The van der Waals surface area contributed by atoms with E-state index >= 15 is 0 Å². The first-order valence-corrected chi connectivity index (χ1v) is 5.63. The highest BCUT2D eigenvalue weighted by Gasteiger charge is 2.37. The van der Waals surface area contributed by atoms with Gasteiger partial charge in [0.2, 0.25) is 0 Å². The minimum Gasteiger partial charge on any atom is -0.335 e. The van der Waals surface area contributed by atoms with Crippen LogP contribution in [0.5, 0.6) is 0 Å². The molecule has 2 rings (SSSR count). The van der Waals surface area contributed by atoms with Crippen LogP contribution in [0.3, 0.4) is 0 Å². The molecule has 0 bridgehead atoms. The molecule has 0 radical (unpaired) electrons. The lowest BCUT2D eigenvalue weighted by atomic mass is 10.3. The fourth-order valence-electron chi connectivity index (χ4n) is 1.27. The smallest absolute Gasteiger partial charge is 0.251 e. The topological polar surface area (TPSA) is 38.9 Å². The van der Waals surface area contributed by atoms with Crippen molar-refractivity contribution >= 4 is 17.8 Å². The second-order valence-electron chi connectivity index (χ2n) is 3.35. The Morgan fingerprint density at radius 3 is 3.00 bits per heavy atom. The predicted molar refractivity (Wildman–Crippen MR) is 53.4 cm³/mol. The zero-order chi connectivity index (χ0) is 9.26. The summed E-state index contributed by atoms with van der Waals surface area (Å²) in [4.78, 5) is 4.28. The molecule has 2 unspecified atom stereocenters. The van der Waals surface area contributed by atoms with Gasteiger partial charge in [0.15, 0.2) is 5.82 Å². The third kappa shape index (κ3) is 1.94. The third-order valence-electron chi connectivity index (χ3n) is 2.25. The molecule has 0 amide bonds. The largest absolute Gasteiger partial charge is 0.335 e. The Kier molecular flexibility index (Phi) is 2.40. The molecule has 4 heteroatoms. The fraction of sp³-hybridized carbons (Fsp3) is 0.556. The highest BCUT2D eigenvalue weighted by Crippen LogP contribution is 2.45. The van der Waals surface area contributed by atoms with Crippen molar-refractivity contribution in [3.05, 3.63) is 17.1 Å². The van der Waals surface area contributed by atoms with Crippen LogP contribution in [0.25, 0.3) is 6.08 Å². The van der Waals surface area contributed by atoms with Crippen molar-refractivity contribution in [3.63, 3.8) is 0 Å². The Balaban J connectivity index is 2.05. The van der Waals surface area contributed by atoms with E-state index in [4.69, 9.17) is 4.52 Å². The lowest BCUT2D eigenvalue weighted by Gasteiger charge is -1.82. The summed E-state index contributed by atoms with van der Waals surface area (Å²) in [6.07, 6.45) is 5.04. The van der Waals surface area contributed by atoms with E-state index in [2.05, 4.69) is 17.1 Å². The lowest BCUT2D eigenvalue weighted by molar-refractivity contribution is 0.402. The summed E-state index contributed by atoms with van der Waals surface area (Å²) < 4.78 is 5.06. The SMILES string of the molecule is CS/C=C/c1nc(C2CC2C)no1. The maximum absolute atomic E-state index is 5.06. The molecular formula is C9H12N2OS. The van der Waals surface area contributed by atoms with Crippen molar-refractivity contribution in [2.24, 2.45) is 5.92 Å². The summed E-state index contributed by atoms with van der Waals surface area (Å²) in [7, 11) is 0. The van der Waals surface area contributed by atoms with E-state index in [9.17, 15) is 0 Å². The number of aromatic nitrogens is 2. The van der Waals surface area contributed by atoms with E-state index in [0.29, 0.717) is 11.8 Å². The molecule has 1 fully saturated rings. The summed E-state index contributed by atoms with van der Waals surface area (Å²) in [6.45, 7) is 2.21. The van der Waals surface area contributed by atoms with Gasteiger partial charge in [-0.3, -0.25) is 0 Å². The monoisotopic (exact) mass is 196 g/mol. The molecule has 1 aliphatic rings. The van der Waals surface area contributed by atoms with Crippen molar-refractivity contribution in [2.45, 2.75) is 19.3 Å². The Bertz CT molecular complexity index is 321. The summed E-state index contributed by atoms with van der Waals surface area (Å²) in [5, 5.41) is 5.87. The molecule has 1 heterocycles. The molecule has 0 spiro atoms. The summed E-state index contributed by atoms with van der Waals surface area (Å²) in [6, 6.07) is 0. The zero-order valence-electron chi connectivity index (χ0n) is 7.73. The molecule has 0 aliphatic heterocycles. The average Bonchev–Trinajstić information content (AvgIpc) is 2.67. The maximum atomic E-state index is 5.06. The molecule has 0 N–H and O–H groups in total. The van der Waals surface area contributed by atoms with Crippen molar-refractivity contribution in [2.75, 3.05) is 6.26 Å². The van der Waals surface area contributed by atoms with Crippen molar-refractivity contribution in [1.82, 2.24) is 10.1 Å². The minimum atomic E-state index is 0.542. The molecule has 1 aromatic rings. The molecular weight excluding hydrogens is 184 g/mol. The van der Waals surface area contributed by atoms with Crippen molar-refractivity contribution in [3.8, 4) is 0 Å². The zero-order valence-corrected chi connectivity index (χ0v) is 8.54. The van der Waals surface area contributed by atoms with Gasteiger partial charge in [0.05, 0.1) is 0 Å². The van der Waals surface area contributed by atoms with Crippen molar-refractivity contribution in [1.29, 1.82) is 0 Å². The van der Waals surface area contributed by atoms with Crippen LogP contribution in [0, 0.1) is 5.92 Å². The number of rotatable bonds is 3. The Morgan fingerprint density at radius 1 is 1.62 bits per heavy atom. The summed E-state index contributed by atoms with van der Waals surface area (Å²) in [5.74, 6) is 2.76. The molecule has 1 aliphatic carbocycles. The maximum Gasteiger partial charge on any atom is 0.251 e. The Morgan fingerprint density at radius 2 is 2.38 bits per heavy atom. The van der Waals surface area contributed by atoms with Crippen LogP contribution in [0.1, 0.15) is 31.0 Å². The van der Waals surface area contributed by atoms with E-state index in [1.54, 1.807) is 11.8 Å². The van der Waals surface area contributed by atoms with Crippen LogP contribution < -0.4 is 0 Å². The second kappa shape index (κ2) is 3.54. The molecule has 1 aromatic heterocycles. The van der Waals surface area contributed by atoms with Crippen LogP contribution in [0.15, 0.2) is 9.93 Å². The van der Waals surface area contributed by atoms with Gasteiger partial charge in [0.25, 0.3) is 5.89 Å². The first kappa shape index (κ1) is 8.81. The van der Waals surface area contributed by atoms with Crippen molar-refractivity contribution < 1.29 is 4.52 Å². The normalized spacial score (nSPS) is 26.9. The lowest BCUT2D eigenvalue weighted by Crippen LogP contribution is -1.83. The average molecular weight is 196 g/mol. The number of hydrogen-bond donors (Lipinski definition) is 0. The standard InChI is InChI=1S/C9H12N2OS/c1-6-5-7(6)9-10-8(12-11-9)3-4-13-2/h3-4,6-7H,5H2,1-2H3/b4-3+. The van der Waals surface area contributed by atoms with Gasteiger partial charge in [-0.15, -0.1) is 11.8 Å². The van der Waals surface area contributed by atoms with Gasteiger partial charge in [-0.05, 0) is 24.0 Å². The second-order valence-corrected chi connectivity index (χ2v) is 4.09. The molecule has 2 atom stereocenters. The quantitative estimate of drug-likeness (QED) is 0.744. The Hall–Kier alpha value is -0.770. The minimum absolute atomic E-state index is 0.542. The first-order chi connectivity index (χ1) is 6.31. The van der Waals surface area contributed by atoms with Crippen LogP contribution in [0.2, 0.25) is 0 Å². The third-order valence-corrected chi connectivity index (χ3v) is 2.65. The molecule has 1 saturated carbocycles. The molecule has 0 saturated heterocycles. The van der Waals surface area contributed by atoms with E-state index < -0.39 is 0 Å². The number of thioether (sulfide) groups is 1. The highest BCUT2D eigenvalue weighted by molar-refractivity contribution is 8.01. The van der Waals surface area contributed by atoms with Gasteiger partial charge in [-0.25, -0.2) is 0 Å².